The standard InChI is InChI=1S/C5H7ClFN3/c6-3-5-8-4-9-10(5)2-1-7/h4H,1-3H2. The quantitative estimate of drug-likeness (QED) is 0.623. The van der Waals surface area contributed by atoms with E-state index < -0.39 is 6.67 Å². The first-order valence-electron chi connectivity index (χ1n) is 2.87. The molecule has 0 aliphatic rings. The number of hydrogen-bond acceptors (Lipinski definition) is 2. The fourth-order valence-corrected chi connectivity index (χ4v) is 0.865. The second-order valence-electron chi connectivity index (χ2n) is 1.72. The molecule has 0 saturated heterocycles. The summed E-state index contributed by atoms with van der Waals surface area (Å²) in [6, 6.07) is 0. The first kappa shape index (κ1) is 7.47. The van der Waals surface area contributed by atoms with Crippen LogP contribution in [-0.4, -0.2) is 21.4 Å². The lowest BCUT2D eigenvalue weighted by Gasteiger charge is -1.97. The van der Waals surface area contributed by atoms with Crippen LogP contribution in [0.1, 0.15) is 5.82 Å². The first-order valence-corrected chi connectivity index (χ1v) is 3.40. The minimum Gasteiger partial charge on any atom is -0.249 e. The fraction of sp³-hybridized carbons (Fsp3) is 0.600. The topological polar surface area (TPSA) is 30.7 Å². The molecule has 1 rings (SSSR count). The number of aryl methyl sites for hydroxylation is 1. The maximum atomic E-state index is 11.7. The van der Waals surface area contributed by atoms with E-state index in [0.29, 0.717) is 5.82 Å². The Labute approximate surface area is 62.8 Å². The second kappa shape index (κ2) is 3.51. The molecule has 0 unspecified atom stereocenters. The number of aromatic nitrogens is 3. The number of rotatable bonds is 3. The molecule has 0 saturated carbocycles. The number of hydrogen-bond donors (Lipinski definition) is 0. The summed E-state index contributed by atoms with van der Waals surface area (Å²) in [6.07, 6.45) is 1.37. The van der Waals surface area contributed by atoms with Gasteiger partial charge < -0.3 is 0 Å². The Morgan fingerprint density at radius 1 is 1.70 bits per heavy atom. The molecular weight excluding hydrogens is 157 g/mol. The van der Waals surface area contributed by atoms with E-state index in [1.165, 1.54) is 11.0 Å². The van der Waals surface area contributed by atoms with Gasteiger partial charge in [-0.2, -0.15) is 5.10 Å². The molecule has 5 heteroatoms. The van der Waals surface area contributed by atoms with Gasteiger partial charge in [0.25, 0.3) is 0 Å². The van der Waals surface area contributed by atoms with E-state index in [1.54, 1.807) is 0 Å². The van der Waals surface area contributed by atoms with E-state index in [0.717, 1.165) is 0 Å². The SMILES string of the molecule is FCCn1ncnc1CCl. The van der Waals surface area contributed by atoms with Gasteiger partial charge in [-0.1, -0.05) is 0 Å². The predicted octanol–water partition coefficient (Wildman–Crippen LogP) is 0.986. The summed E-state index contributed by atoms with van der Waals surface area (Å²) in [5.41, 5.74) is 0. The predicted molar refractivity (Wildman–Crippen MR) is 35.6 cm³/mol. The van der Waals surface area contributed by atoms with Crippen molar-refractivity contribution in [3.63, 3.8) is 0 Å². The Balaban J connectivity index is 2.70. The minimum atomic E-state index is -0.437. The van der Waals surface area contributed by atoms with E-state index >= 15 is 0 Å². The zero-order chi connectivity index (χ0) is 7.40. The van der Waals surface area contributed by atoms with E-state index in [9.17, 15) is 4.39 Å². The van der Waals surface area contributed by atoms with Gasteiger partial charge in [-0.05, 0) is 0 Å². The lowest BCUT2D eigenvalue weighted by molar-refractivity contribution is 0.421. The molecule has 10 heavy (non-hydrogen) atoms. The molecule has 0 amide bonds. The van der Waals surface area contributed by atoms with Crippen LogP contribution in [0.3, 0.4) is 0 Å². The van der Waals surface area contributed by atoms with E-state index in [-0.39, 0.29) is 12.4 Å². The van der Waals surface area contributed by atoms with Gasteiger partial charge in [0.15, 0.2) is 0 Å². The molecule has 56 valence electrons. The fourth-order valence-electron chi connectivity index (χ4n) is 0.658. The highest BCUT2D eigenvalue weighted by Gasteiger charge is 1.99. The van der Waals surface area contributed by atoms with Crippen LogP contribution in [0.25, 0.3) is 0 Å². The van der Waals surface area contributed by atoms with Crippen LogP contribution >= 0.6 is 11.6 Å². The van der Waals surface area contributed by atoms with Gasteiger partial charge in [0.2, 0.25) is 0 Å². The van der Waals surface area contributed by atoms with Gasteiger partial charge in [0.05, 0.1) is 12.4 Å². The molecule has 0 radical (unpaired) electrons. The van der Waals surface area contributed by atoms with Crippen LogP contribution < -0.4 is 0 Å². The van der Waals surface area contributed by atoms with Gasteiger partial charge >= 0.3 is 0 Å². The van der Waals surface area contributed by atoms with Gasteiger partial charge in [0.1, 0.15) is 18.8 Å². The molecule has 0 fully saturated rings. The first-order chi connectivity index (χ1) is 4.88. The molecule has 0 aliphatic carbocycles. The van der Waals surface area contributed by atoms with Crippen molar-refractivity contribution in [2.24, 2.45) is 0 Å². The molecule has 3 nitrogen and oxygen atoms in total. The van der Waals surface area contributed by atoms with E-state index in [1.807, 2.05) is 0 Å². The van der Waals surface area contributed by atoms with Crippen LogP contribution in [0, 0.1) is 0 Å². The summed E-state index contributed by atoms with van der Waals surface area (Å²) >= 11 is 5.46. The van der Waals surface area contributed by atoms with E-state index in [4.69, 9.17) is 11.6 Å². The van der Waals surface area contributed by atoms with Crippen LogP contribution in [-0.2, 0) is 12.4 Å². The minimum absolute atomic E-state index is 0.238. The highest BCUT2D eigenvalue weighted by atomic mass is 35.5. The smallest absolute Gasteiger partial charge is 0.141 e. The van der Waals surface area contributed by atoms with Gasteiger partial charge in [-0.15, -0.1) is 11.6 Å². The molecule has 0 spiro atoms. The Hall–Kier alpha value is -0.640. The average molecular weight is 164 g/mol. The highest BCUT2D eigenvalue weighted by molar-refractivity contribution is 6.16. The van der Waals surface area contributed by atoms with Crippen molar-refractivity contribution in [3.8, 4) is 0 Å². The van der Waals surface area contributed by atoms with Crippen molar-refractivity contribution in [2.45, 2.75) is 12.4 Å². The van der Waals surface area contributed by atoms with Crippen LogP contribution in [0.5, 0.6) is 0 Å². The molecule has 0 atom stereocenters. The van der Waals surface area contributed by atoms with Crippen molar-refractivity contribution in [1.29, 1.82) is 0 Å². The molecule has 1 aromatic rings. The Morgan fingerprint density at radius 2 is 2.50 bits per heavy atom. The average Bonchev–Trinajstić information content (AvgIpc) is 2.36. The third-order valence-electron chi connectivity index (χ3n) is 1.11. The summed E-state index contributed by atoms with van der Waals surface area (Å²) in [4.78, 5) is 3.81. The second-order valence-corrected chi connectivity index (χ2v) is 1.99. The van der Waals surface area contributed by atoms with Crippen molar-refractivity contribution < 1.29 is 4.39 Å². The number of halogens is 2. The number of alkyl halides is 2. The normalized spacial score (nSPS) is 10.2. The molecule has 1 aromatic heterocycles. The van der Waals surface area contributed by atoms with Gasteiger partial charge in [-0.25, -0.2) is 14.1 Å². The van der Waals surface area contributed by atoms with Gasteiger partial charge in [0, 0.05) is 0 Å². The third-order valence-corrected chi connectivity index (χ3v) is 1.35. The Morgan fingerprint density at radius 3 is 3.10 bits per heavy atom. The molecule has 1 heterocycles. The lowest BCUT2D eigenvalue weighted by Crippen LogP contribution is -2.05. The van der Waals surface area contributed by atoms with Crippen LogP contribution in [0.2, 0.25) is 0 Å². The largest absolute Gasteiger partial charge is 0.249 e. The zero-order valence-corrected chi connectivity index (χ0v) is 6.05. The Bertz CT molecular complexity index is 201. The summed E-state index contributed by atoms with van der Waals surface area (Å²) in [5, 5.41) is 3.76. The van der Waals surface area contributed by atoms with Crippen molar-refractivity contribution in [1.82, 2.24) is 14.8 Å². The lowest BCUT2D eigenvalue weighted by atomic mass is 10.6. The monoisotopic (exact) mass is 163 g/mol. The zero-order valence-electron chi connectivity index (χ0n) is 5.30. The summed E-state index contributed by atoms with van der Waals surface area (Å²) in [7, 11) is 0. The molecular formula is C5H7ClFN3. The molecule has 0 N–H and O–H groups in total. The maximum absolute atomic E-state index is 11.7. The van der Waals surface area contributed by atoms with Crippen LogP contribution in [0.4, 0.5) is 4.39 Å². The highest BCUT2D eigenvalue weighted by Crippen LogP contribution is 1.97. The van der Waals surface area contributed by atoms with Crippen molar-refractivity contribution in [2.75, 3.05) is 6.67 Å². The van der Waals surface area contributed by atoms with Crippen LogP contribution in [0.15, 0.2) is 6.33 Å². The summed E-state index contributed by atoms with van der Waals surface area (Å²) in [5.74, 6) is 0.888. The van der Waals surface area contributed by atoms with Gasteiger partial charge in [-0.3, -0.25) is 0 Å². The van der Waals surface area contributed by atoms with E-state index in [2.05, 4.69) is 10.1 Å². The maximum Gasteiger partial charge on any atom is 0.141 e. The number of nitrogens with zero attached hydrogens (tertiary/aromatic N) is 3. The third kappa shape index (κ3) is 1.44. The van der Waals surface area contributed by atoms with Crippen molar-refractivity contribution >= 4 is 11.6 Å². The summed E-state index contributed by atoms with van der Waals surface area (Å²) < 4.78 is 13.2. The Kier molecular flexibility index (Phi) is 2.62. The van der Waals surface area contributed by atoms with Crippen molar-refractivity contribution in [3.05, 3.63) is 12.2 Å². The molecule has 0 aliphatic heterocycles. The molecule has 0 bridgehead atoms. The summed E-state index contributed by atoms with van der Waals surface area (Å²) in [6.45, 7) is -0.199. The molecule has 0 aromatic carbocycles.